The molecular weight excluding hydrogens is 528 g/mol. The molecule has 0 radical (unpaired) electrons. The third-order valence-electron chi connectivity index (χ3n) is 8.08. The van der Waals surface area contributed by atoms with Crippen molar-refractivity contribution in [3.05, 3.63) is 81.6 Å². The first kappa shape index (κ1) is 29.7. The third kappa shape index (κ3) is 7.69. The Morgan fingerprint density at radius 2 is 1.25 bits per heavy atom. The molecule has 0 unspecified atom stereocenters. The van der Waals surface area contributed by atoms with E-state index < -0.39 is 11.9 Å². The Kier molecular flexibility index (Phi) is 10.7. The number of unbranched alkanes of at least 4 members (excludes halogenated alkanes) is 6. The van der Waals surface area contributed by atoms with Crippen molar-refractivity contribution in [3.63, 3.8) is 0 Å². The number of allylic oxidation sites excluding steroid dienone is 2. The molecule has 2 aliphatic rings. The van der Waals surface area contributed by atoms with Crippen LogP contribution in [0.4, 0.5) is 0 Å². The van der Waals surface area contributed by atoms with Crippen molar-refractivity contribution < 1.29 is 29.0 Å². The van der Waals surface area contributed by atoms with Crippen molar-refractivity contribution in [2.24, 2.45) is 5.92 Å². The summed E-state index contributed by atoms with van der Waals surface area (Å²) in [5.41, 5.74) is 2.25. The molecule has 0 heterocycles. The van der Waals surface area contributed by atoms with E-state index in [9.17, 15) is 19.2 Å². The van der Waals surface area contributed by atoms with Crippen LogP contribution in [0, 0.1) is 5.92 Å². The summed E-state index contributed by atoms with van der Waals surface area (Å²) in [6.07, 6.45) is 9.60. The largest absolute Gasteiger partial charge is 0.481 e. The number of fused-ring (bicyclic) bond motifs is 1. The molecule has 2 aliphatic carbocycles. The Labute approximate surface area is 240 Å². The number of ether oxygens (including phenoxy) is 1. The average Bonchev–Trinajstić information content (AvgIpc) is 2.95. The minimum Gasteiger partial charge on any atom is -0.481 e. The van der Waals surface area contributed by atoms with E-state index in [1.165, 1.54) is 5.56 Å². The van der Waals surface area contributed by atoms with E-state index in [1.807, 2.05) is 24.3 Å². The summed E-state index contributed by atoms with van der Waals surface area (Å²) in [6.45, 7) is 0. The standard InChI is InChI=1S/C33H37ClO6/c34-25-20-18-23(19-21-25)22-14-16-24(17-15-22)30-31(38)26-10-8-9-11-27(26)32(39)33(30)40-29(37)13-7-5-3-1-2-4-6-12-28(35)36/h8-11,18-22,24H,1-7,12-17H2,(H,35,36). The van der Waals surface area contributed by atoms with Crippen LogP contribution in [0.15, 0.2) is 59.9 Å². The van der Waals surface area contributed by atoms with Gasteiger partial charge in [-0.05, 0) is 68.1 Å². The quantitative estimate of drug-likeness (QED) is 0.195. The number of benzene rings is 2. The minimum atomic E-state index is -0.760. The first-order valence-electron chi connectivity index (χ1n) is 14.5. The SMILES string of the molecule is O=C(O)CCCCCCCCCC(=O)OC1=C(C2CCC(c3ccc(Cl)cc3)CC2)C(=O)c2ccccc2C1=O. The number of carboxylic acids is 1. The van der Waals surface area contributed by atoms with E-state index >= 15 is 0 Å². The van der Waals surface area contributed by atoms with Crippen molar-refractivity contribution in [2.75, 3.05) is 0 Å². The maximum absolute atomic E-state index is 13.6. The van der Waals surface area contributed by atoms with E-state index in [0.717, 1.165) is 57.8 Å². The lowest BCUT2D eigenvalue weighted by molar-refractivity contribution is -0.139. The van der Waals surface area contributed by atoms with Gasteiger partial charge in [-0.1, -0.05) is 80.1 Å². The van der Waals surface area contributed by atoms with Crippen molar-refractivity contribution in [1.29, 1.82) is 0 Å². The molecule has 4 rings (SSSR count). The number of hydrogen-bond acceptors (Lipinski definition) is 5. The zero-order valence-electron chi connectivity index (χ0n) is 22.8. The van der Waals surface area contributed by atoms with Gasteiger partial charge in [0.2, 0.25) is 5.78 Å². The summed E-state index contributed by atoms with van der Waals surface area (Å²) in [5, 5.41) is 9.40. The second-order valence-corrected chi connectivity index (χ2v) is 11.3. The highest BCUT2D eigenvalue weighted by atomic mass is 35.5. The monoisotopic (exact) mass is 564 g/mol. The lowest BCUT2D eigenvalue weighted by Gasteiger charge is -2.32. The lowest BCUT2D eigenvalue weighted by atomic mass is 9.72. The van der Waals surface area contributed by atoms with Gasteiger partial charge in [0.15, 0.2) is 11.5 Å². The summed E-state index contributed by atoms with van der Waals surface area (Å²) >= 11 is 6.05. The number of halogens is 1. The lowest BCUT2D eigenvalue weighted by Crippen LogP contribution is -2.30. The molecule has 2 aromatic rings. The van der Waals surface area contributed by atoms with Crippen molar-refractivity contribution in [1.82, 2.24) is 0 Å². The van der Waals surface area contributed by atoms with Crippen LogP contribution in [0.2, 0.25) is 5.02 Å². The highest BCUT2D eigenvalue weighted by molar-refractivity contribution is 6.30. The van der Waals surface area contributed by atoms with Gasteiger partial charge in [-0.15, -0.1) is 0 Å². The second kappa shape index (κ2) is 14.4. The molecule has 0 aliphatic heterocycles. The molecule has 2 aromatic carbocycles. The van der Waals surface area contributed by atoms with E-state index in [2.05, 4.69) is 0 Å². The predicted octanol–water partition coefficient (Wildman–Crippen LogP) is 8.09. The van der Waals surface area contributed by atoms with Crippen molar-refractivity contribution in [3.8, 4) is 0 Å². The van der Waals surface area contributed by atoms with Gasteiger partial charge in [0.05, 0.1) is 5.57 Å². The summed E-state index contributed by atoms with van der Waals surface area (Å²) < 4.78 is 5.70. The van der Waals surface area contributed by atoms with Crippen molar-refractivity contribution >= 4 is 35.1 Å². The molecule has 212 valence electrons. The molecule has 40 heavy (non-hydrogen) atoms. The molecule has 1 fully saturated rings. The number of ketones is 2. The Hall–Kier alpha value is -3.25. The number of carbonyl (C=O) groups excluding carboxylic acids is 3. The van der Waals surface area contributed by atoms with Crippen LogP contribution in [0.5, 0.6) is 0 Å². The molecular formula is C33H37ClO6. The van der Waals surface area contributed by atoms with Crippen LogP contribution in [0.25, 0.3) is 0 Å². The minimum absolute atomic E-state index is 0.0814. The molecule has 0 spiro atoms. The fourth-order valence-corrected chi connectivity index (χ4v) is 6.01. The maximum atomic E-state index is 13.6. The number of esters is 1. The van der Waals surface area contributed by atoms with Crippen LogP contribution in [0.1, 0.15) is 116 Å². The van der Waals surface area contributed by atoms with E-state index in [-0.39, 0.29) is 41.6 Å². The number of aliphatic carboxylic acids is 1. The number of rotatable bonds is 13. The number of carboxylic acid groups (broad SMARTS) is 1. The number of Topliss-reactive ketones (excluding diaryl/α,β-unsaturated/α-hetero) is 2. The number of carbonyl (C=O) groups is 4. The zero-order valence-corrected chi connectivity index (χ0v) is 23.6. The predicted molar refractivity (Wildman–Crippen MR) is 154 cm³/mol. The molecule has 1 saturated carbocycles. The Bertz CT molecular complexity index is 1250. The normalized spacial score (nSPS) is 18.9. The van der Waals surface area contributed by atoms with Crippen LogP contribution in [-0.2, 0) is 14.3 Å². The topological polar surface area (TPSA) is 97.7 Å². The Balaban J connectivity index is 1.37. The van der Waals surface area contributed by atoms with Gasteiger partial charge in [-0.3, -0.25) is 19.2 Å². The Morgan fingerprint density at radius 3 is 1.85 bits per heavy atom. The van der Waals surface area contributed by atoms with E-state index in [0.29, 0.717) is 34.9 Å². The van der Waals surface area contributed by atoms with Gasteiger partial charge in [-0.25, -0.2) is 0 Å². The van der Waals surface area contributed by atoms with Gasteiger partial charge in [0.1, 0.15) is 0 Å². The van der Waals surface area contributed by atoms with Gasteiger partial charge >= 0.3 is 11.9 Å². The molecule has 0 amide bonds. The molecule has 7 heteroatoms. The zero-order chi connectivity index (χ0) is 28.5. The summed E-state index contributed by atoms with van der Waals surface area (Å²) in [6, 6.07) is 14.6. The second-order valence-electron chi connectivity index (χ2n) is 10.9. The van der Waals surface area contributed by atoms with Crippen LogP contribution >= 0.6 is 11.6 Å². The smallest absolute Gasteiger partial charge is 0.311 e. The fraction of sp³-hybridized carbons (Fsp3) is 0.455. The molecule has 0 saturated heterocycles. The number of hydrogen-bond donors (Lipinski definition) is 1. The van der Waals surface area contributed by atoms with E-state index in [4.69, 9.17) is 21.4 Å². The highest BCUT2D eigenvalue weighted by Crippen LogP contribution is 2.42. The molecule has 6 nitrogen and oxygen atoms in total. The van der Waals surface area contributed by atoms with Crippen molar-refractivity contribution in [2.45, 2.75) is 89.4 Å². The maximum Gasteiger partial charge on any atom is 0.311 e. The van der Waals surface area contributed by atoms with Crippen LogP contribution < -0.4 is 0 Å². The van der Waals surface area contributed by atoms with Crippen LogP contribution in [0.3, 0.4) is 0 Å². The molecule has 0 aromatic heterocycles. The van der Waals surface area contributed by atoms with Gasteiger partial charge in [0, 0.05) is 29.0 Å². The van der Waals surface area contributed by atoms with Gasteiger partial charge < -0.3 is 9.84 Å². The molecule has 1 N–H and O–H groups in total. The van der Waals surface area contributed by atoms with Crippen LogP contribution in [-0.4, -0.2) is 28.6 Å². The first-order valence-corrected chi connectivity index (χ1v) is 14.8. The van der Waals surface area contributed by atoms with E-state index in [1.54, 1.807) is 24.3 Å². The average molecular weight is 565 g/mol. The summed E-state index contributed by atoms with van der Waals surface area (Å²) in [7, 11) is 0. The highest BCUT2D eigenvalue weighted by Gasteiger charge is 2.39. The summed E-state index contributed by atoms with van der Waals surface area (Å²) in [5.74, 6) is -1.71. The summed E-state index contributed by atoms with van der Waals surface area (Å²) in [4.78, 5) is 50.5. The first-order chi connectivity index (χ1) is 19.3. The molecule has 0 bridgehead atoms. The van der Waals surface area contributed by atoms with Gasteiger partial charge in [0.25, 0.3) is 0 Å². The van der Waals surface area contributed by atoms with Gasteiger partial charge in [-0.2, -0.15) is 0 Å². The third-order valence-corrected chi connectivity index (χ3v) is 8.33. The Morgan fingerprint density at radius 1 is 0.725 bits per heavy atom. The fourth-order valence-electron chi connectivity index (χ4n) is 5.89. The molecule has 0 atom stereocenters.